The summed E-state index contributed by atoms with van der Waals surface area (Å²) in [5.41, 5.74) is 4.14. The Morgan fingerprint density at radius 3 is 3.57 bits per heavy atom. The van der Waals surface area contributed by atoms with Gasteiger partial charge in [-0.25, -0.2) is 0 Å². The Kier molecular flexibility index (Phi) is 2.98. The van der Waals surface area contributed by atoms with Crippen LogP contribution in [0.2, 0.25) is 0 Å². The van der Waals surface area contributed by atoms with Gasteiger partial charge in [0, 0.05) is 12.1 Å². The van der Waals surface area contributed by atoms with E-state index in [0.29, 0.717) is 6.61 Å². The van der Waals surface area contributed by atoms with Crippen molar-refractivity contribution in [1.29, 1.82) is 0 Å². The molecule has 1 atom stereocenters. The third-order valence-electron chi connectivity index (χ3n) is 2.22. The maximum absolute atomic E-state index is 5.31. The van der Waals surface area contributed by atoms with Crippen LogP contribution in [-0.4, -0.2) is 13.2 Å². The van der Waals surface area contributed by atoms with E-state index in [9.17, 15) is 0 Å². The summed E-state index contributed by atoms with van der Waals surface area (Å²) in [6.45, 7) is 5.73. The van der Waals surface area contributed by atoms with E-state index >= 15 is 0 Å². The predicted octanol–water partition coefficient (Wildman–Crippen LogP) is 1.13. The molecule has 4 nitrogen and oxygen atoms in total. The number of hydrogen-bond donors (Lipinski definition) is 2. The minimum Gasteiger partial charge on any atom is -0.468 e. The molecule has 0 radical (unpaired) electrons. The number of furan rings is 1. The van der Waals surface area contributed by atoms with Crippen LogP contribution in [0.15, 0.2) is 29.4 Å². The summed E-state index contributed by atoms with van der Waals surface area (Å²) in [5.74, 6) is 0.982. The number of nitrogens with one attached hydrogen (secondary N) is 2. The number of hydrogen-bond acceptors (Lipinski definition) is 4. The van der Waals surface area contributed by atoms with Crippen LogP contribution in [0.5, 0.6) is 0 Å². The minimum atomic E-state index is 0.164. The lowest BCUT2D eigenvalue weighted by atomic mass is 10.1. The van der Waals surface area contributed by atoms with Crippen molar-refractivity contribution in [3.63, 3.8) is 0 Å². The monoisotopic (exact) mass is 194 g/mol. The van der Waals surface area contributed by atoms with Crippen LogP contribution in [0.25, 0.3) is 0 Å². The van der Waals surface area contributed by atoms with E-state index in [4.69, 9.17) is 9.25 Å². The second-order valence-corrected chi connectivity index (χ2v) is 3.20. The average molecular weight is 194 g/mol. The number of hydroxylamine groups is 1. The van der Waals surface area contributed by atoms with Gasteiger partial charge in [0.05, 0.1) is 25.5 Å². The first-order chi connectivity index (χ1) is 6.92. The second-order valence-electron chi connectivity index (χ2n) is 3.20. The van der Waals surface area contributed by atoms with Crippen molar-refractivity contribution in [2.45, 2.75) is 12.6 Å². The van der Waals surface area contributed by atoms with Gasteiger partial charge in [-0.1, -0.05) is 6.08 Å². The summed E-state index contributed by atoms with van der Waals surface area (Å²) >= 11 is 0. The van der Waals surface area contributed by atoms with Crippen LogP contribution in [0, 0.1) is 0 Å². The van der Waals surface area contributed by atoms with E-state index in [0.717, 1.165) is 18.8 Å². The zero-order valence-corrected chi connectivity index (χ0v) is 7.95. The summed E-state index contributed by atoms with van der Waals surface area (Å²) in [6, 6.07) is 2.14. The molecule has 0 fully saturated rings. The fraction of sp³-hybridized carbons (Fsp3) is 0.400. The van der Waals surface area contributed by atoms with Gasteiger partial charge < -0.3 is 9.73 Å². The van der Waals surface area contributed by atoms with Crippen LogP contribution in [0.3, 0.4) is 0 Å². The van der Waals surface area contributed by atoms with Crippen molar-refractivity contribution >= 4 is 0 Å². The molecule has 2 heterocycles. The van der Waals surface area contributed by atoms with Crippen LogP contribution in [-0.2, 0) is 11.4 Å². The quantitative estimate of drug-likeness (QED) is 0.428. The van der Waals surface area contributed by atoms with E-state index in [1.54, 1.807) is 12.3 Å². The Morgan fingerprint density at radius 2 is 2.71 bits per heavy atom. The van der Waals surface area contributed by atoms with Crippen molar-refractivity contribution in [3.05, 3.63) is 36.3 Å². The van der Waals surface area contributed by atoms with Gasteiger partial charge in [-0.05, 0) is 6.07 Å². The first kappa shape index (κ1) is 9.45. The molecule has 1 aromatic rings. The Balaban J connectivity index is 1.98. The average Bonchev–Trinajstić information content (AvgIpc) is 2.67. The van der Waals surface area contributed by atoms with E-state index < -0.39 is 0 Å². The van der Waals surface area contributed by atoms with Gasteiger partial charge in [-0.2, -0.15) is 5.48 Å². The van der Waals surface area contributed by atoms with E-state index in [1.165, 1.54) is 5.56 Å². The standard InChI is InChI=1S/C10H14N2O2/c1-2-4-14-12-9-6-11-7-10-8(9)3-5-13-10/h2-3,5,9,11-12H,1,4,6-7H2. The molecule has 0 saturated carbocycles. The fourth-order valence-corrected chi connectivity index (χ4v) is 1.56. The minimum absolute atomic E-state index is 0.164. The first-order valence-electron chi connectivity index (χ1n) is 4.67. The summed E-state index contributed by atoms with van der Waals surface area (Å²) < 4.78 is 5.31. The molecule has 2 N–H and O–H groups in total. The Labute approximate surface area is 82.9 Å². The molecule has 1 aliphatic rings. The molecule has 1 unspecified atom stereocenters. The SMILES string of the molecule is C=CCONC1CNCc2occc21. The van der Waals surface area contributed by atoms with Crippen LogP contribution in [0.4, 0.5) is 0 Å². The van der Waals surface area contributed by atoms with Crippen molar-refractivity contribution in [2.75, 3.05) is 13.2 Å². The molecule has 0 amide bonds. The van der Waals surface area contributed by atoms with Gasteiger partial charge in [0.2, 0.25) is 0 Å². The highest BCUT2D eigenvalue weighted by Crippen LogP contribution is 2.22. The van der Waals surface area contributed by atoms with E-state index in [2.05, 4.69) is 17.4 Å². The Bertz CT molecular complexity index is 309. The van der Waals surface area contributed by atoms with E-state index in [-0.39, 0.29) is 6.04 Å². The van der Waals surface area contributed by atoms with Crippen LogP contribution >= 0.6 is 0 Å². The first-order valence-corrected chi connectivity index (χ1v) is 4.67. The summed E-state index contributed by atoms with van der Waals surface area (Å²) in [6.07, 6.45) is 3.42. The van der Waals surface area contributed by atoms with E-state index in [1.807, 2.05) is 6.07 Å². The molecule has 2 rings (SSSR count). The largest absolute Gasteiger partial charge is 0.468 e. The van der Waals surface area contributed by atoms with Crippen molar-refractivity contribution in [3.8, 4) is 0 Å². The number of rotatable bonds is 4. The summed E-state index contributed by atoms with van der Waals surface area (Å²) in [4.78, 5) is 5.20. The molecule has 0 spiro atoms. The molecule has 4 heteroatoms. The lowest BCUT2D eigenvalue weighted by molar-refractivity contribution is 0.0318. The molecule has 0 bridgehead atoms. The summed E-state index contributed by atoms with van der Waals surface area (Å²) in [7, 11) is 0. The van der Waals surface area contributed by atoms with Gasteiger partial charge in [0.1, 0.15) is 5.76 Å². The highest BCUT2D eigenvalue weighted by molar-refractivity contribution is 5.23. The third kappa shape index (κ3) is 1.87. The molecule has 0 aromatic carbocycles. The predicted molar refractivity (Wildman–Crippen MR) is 52.4 cm³/mol. The van der Waals surface area contributed by atoms with Crippen LogP contribution in [0.1, 0.15) is 17.4 Å². The lowest BCUT2D eigenvalue weighted by Gasteiger charge is -2.22. The Hall–Kier alpha value is -1.10. The molecule has 0 saturated heterocycles. The zero-order valence-electron chi connectivity index (χ0n) is 7.95. The summed E-state index contributed by atoms with van der Waals surface area (Å²) in [5, 5.41) is 3.24. The molecular formula is C10H14N2O2. The molecule has 0 aliphatic carbocycles. The molecule has 1 aliphatic heterocycles. The van der Waals surface area contributed by atoms with Gasteiger partial charge in [-0.15, -0.1) is 6.58 Å². The topological polar surface area (TPSA) is 46.4 Å². The molecular weight excluding hydrogens is 180 g/mol. The molecule has 1 aromatic heterocycles. The highest BCUT2D eigenvalue weighted by atomic mass is 16.6. The third-order valence-corrected chi connectivity index (χ3v) is 2.22. The Morgan fingerprint density at radius 1 is 1.79 bits per heavy atom. The number of fused-ring (bicyclic) bond motifs is 1. The maximum Gasteiger partial charge on any atom is 0.122 e. The maximum atomic E-state index is 5.31. The van der Waals surface area contributed by atoms with Crippen molar-refractivity contribution in [2.24, 2.45) is 0 Å². The fourth-order valence-electron chi connectivity index (χ4n) is 1.56. The normalized spacial score (nSPS) is 20.4. The van der Waals surface area contributed by atoms with Gasteiger partial charge >= 0.3 is 0 Å². The smallest absolute Gasteiger partial charge is 0.122 e. The van der Waals surface area contributed by atoms with Crippen molar-refractivity contribution in [1.82, 2.24) is 10.8 Å². The van der Waals surface area contributed by atoms with Gasteiger partial charge in [0.15, 0.2) is 0 Å². The van der Waals surface area contributed by atoms with Crippen molar-refractivity contribution < 1.29 is 9.25 Å². The second kappa shape index (κ2) is 4.41. The highest BCUT2D eigenvalue weighted by Gasteiger charge is 2.21. The molecule has 14 heavy (non-hydrogen) atoms. The van der Waals surface area contributed by atoms with Crippen LogP contribution < -0.4 is 10.8 Å². The zero-order chi connectivity index (χ0) is 9.80. The van der Waals surface area contributed by atoms with Gasteiger partial charge in [-0.3, -0.25) is 4.84 Å². The van der Waals surface area contributed by atoms with Gasteiger partial charge in [0.25, 0.3) is 0 Å². The molecule has 76 valence electrons. The lowest BCUT2D eigenvalue weighted by Crippen LogP contribution is -2.35.